The van der Waals surface area contributed by atoms with E-state index in [1.165, 1.54) is 0 Å². The van der Waals surface area contributed by atoms with Gasteiger partial charge in [0.25, 0.3) is 5.91 Å². The zero-order valence-corrected chi connectivity index (χ0v) is 17.0. The van der Waals surface area contributed by atoms with Crippen molar-refractivity contribution < 1.29 is 4.79 Å². The van der Waals surface area contributed by atoms with Gasteiger partial charge in [0.05, 0.1) is 11.0 Å². The second kappa shape index (κ2) is 7.37. The van der Waals surface area contributed by atoms with Crippen molar-refractivity contribution in [3.63, 3.8) is 0 Å². The van der Waals surface area contributed by atoms with Crippen molar-refractivity contribution in [3.8, 4) is 11.4 Å². The van der Waals surface area contributed by atoms with E-state index < -0.39 is 0 Å². The van der Waals surface area contributed by atoms with Crippen LogP contribution in [0.2, 0.25) is 0 Å². The van der Waals surface area contributed by atoms with E-state index in [4.69, 9.17) is 0 Å². The molecule has 4 heterocycles. The van der Waals surface area contributed by atoms with Gasteiger partial charge in [-0.25, -0.2) is 9.97 Å². The van der Waals surface area contributed by atoms with Gasteiger partial charge in [-0.2, -0.15) is 5.10 Å². The first-order valence-electron chi connectivity index (χ1n) is 10.1. The fourth-order valence-corrected chi connectivity index (χ4v) is 4.10. The third-order valence-corrected chi connectivity index (χ3v) is 5.87. The maximum atomic E-state index is 13.2. The lowest BCUT2D eigenvalue weighted by Crippen LogP contribution is -2.39. The molecule has 1 amide bonds. The minimum Gasteiger partial charge on any atom is -0.338 e. The van der Waals surface area contributed by atoms with Crippen molar-refractivity contribution in [1.82, 2.24) is 34.6 Å². The van der Waals surface area contributed by atoms with E-state index in [9.17, 15) is 4.79 Å². The number of nitrogens with zero attached hydrogens (tertiary/aromatic N) is 6. The molecule has 0 unspecified atom stereocenters. The fraction of sp³-hybridized carbons (Fsp3) is 0.318. The van der Waals surface area contributed by atoms with Crippen molar-refractivity contribution in [3.05, 3.63) is 59.9 Å². The topological polar surface area (TPSA) is 92.6 Å². The molecule has 3 aromatic heterocycles. The zero-order valence-electron chi connectivity index (χ0n) is 17.0. The van der Waals surface area contributed by atoms with Crippen LogP contribution in [0.15, 0.2) is 42.7 Å². The molecule has 152 valence electrons. The van der Waals surface area contributed by atoms with E-state index in [1.807, 2.05) is 53.8 Å². The Balaban J connectivity index is 1.35. The Bertz CT molecular complexity index is 1210. The highest BCUT2D eigenvalue weighted by atomic mass is 16.2. The van der Waals surface area contributed by atoms with Crippen molar-refractivity contribution in [2.45, 2.75) is 25.7 Å². The molecule has 8 nitrogen and oxygen atoms in total. The quantitative estimate of drug-likeness (QED) is 0.569. The lowest BCUT2D eigenvalue weighted by Gasteiger charge is -2.31. The number of hydrogen-bond donors (Lipinski definition) is 1. The molecule has 0 aliphatic carbocycles. The van der Waals surface area contributed by atoms with Crippen molar-refractivity contribution in [2.75, 3.05) is 13.1 Å². The summed E-state index contributed by atoms with van der Waals surface area (Å²) in [7, 11) is 1.98. The summed E-state index contributed by atoms with van der Waals surface area (Å²) in [6.45, 7) is 3.34. The summed E-state index contributed by atoms with van der Waals surface area (Å²) in [4.78, 5) is 28.4. The van der Waals surface area contributed by atoms with Gasteiger partial charge < -0.3 is 9.47 Å². The lowest BCUT2D eigenvalue weighted by molar-refractivity contribution is 0.0705. The number of aryl methyl sites for hydroxylation is 2. The number of fused-ring (bicyclic) bond motifs is 1. The summed E-state index contributed by atoms with van der Waals surface area (Å²) in [6, 6.07) is 9.56. The maximum Gasteiger partial charge on any atom is 0.253 e. The average molecular weight is 401 g/mol. The van der Waals surface area contributed by atoms with Crippen molar-refractivity contribution in [2.24, 2.45) is 7.05 Å². The van der Waals surface area contributed by atoms with Crippen LogP contribution in [0.1, 0.15) is 40.8 Å². The standard InChI is InChI=1S/C22H23N7O/c1-14-24-18-11-15(7-8-19(18)28(14)2)22(30)29-10-4-6-17(13-29)21-25-20(26-27-21)16-5-3-9-23-12-16/h3,5,7-9,11-12,17H,4,6,10,13H2,1-2H3,(H,25,26,27)/t17-/m1/s1. The second-order valence-corrected chi connectivity index (χ2v) is 7.80. The van der Waals surface area contributed by atoms with Crippen LogP contribution in [0.4, 0.5) is 0 Å². The average Bonchev–Trinajstić information content (AvgIpc) is 3.39. The van der Waals surface area contributed by atoms with Crippen LogP contribution < -0.4 is 0 Å². The highest BCUT2D eigenvalue weighted by Gasteiger charge is 2.28. The molecule has 8 heteroatoms. The first-order chi connectivity index (χ1) is 14.6. The van der Waals surface area contributed by atoms with Gasteiger partial charge in [-0.1, -0.05) is 0 Å². The number of rotatable bonds is 3. The molecular weight excluding hydrogens is 378 g/mol. The first kappa shape index (κ1) is 18.5. The molecule has 0 bridgehead atoms. The van der Waals surface area contributed by atoms with Gasteiger partial charge in [-0.05, 0) is 50.1 Å². The van der Waals surface area contributed by atoms with E-state index in [0.717, 1.165) is 47.6 Å². The number of benzene rings is 1. The van der Waals surface area contributed by atoms with Crippen LogP contribution in [0, 0.1) is 6.92 Å². The number of carbonyl (C=O) groups is 1. The number of hydrogen-bond acceptors (Lipinski definition) is 5. The van der Waals surface area contributed by atoms with Crippen LogP contribution in [0.5, 0.6) is 0 Å². The van der Waals surface area contributed by atoms with Crippen LogP contribution in [-0.4, -0.2) is 53.6 Å². The number of carbonyl (C=O) groups excluding carboxylic acids is 1. The molecule has 1 fully saturated rings. The SMILES string of the molecule is Cc1nc2cc(C(=O)N3CCC[C@@H](c4nc(-c5cccnc5)n[nH]4)C3)ccc2n1C. The maximum absolute atomic E-state index is 13.2. The Hall–Kier alpha value is -3.55. The predicted molar refractivity (Wildman–Crippen MR) is 113 cm³/mol. The number of aromatic nitrogens is 6. The predicted octanol–water partition coefficient (Wildman–Crippen LogP) is 3.08. The van der Waals surface area contributed by atoms with Gasteiger partial charge in [0.1, 0.15) is 11.6 Å². The third kappa shape index (κ3) is 3.24. The van der Waals surface area contributed by atoms with E-state index in [-0.39, 0.29) is 11.8 Å². The van der Waals surface area contributed by atoms with Crippen LogP contribution in [0.25, 0.3) is 22.4 Å². The molecule has 0 radical (unpaired) electrons. The molecule has 30 heavy (non-hydrogen) atoms. The molecule has 5 rings (SSSR count). The van der Waals surface area contributed by atoms with Gasteiger partial charge in [0, 0.05) is 49.6 Å². The Kier molecular flexibility index (Phi) is 4.54. The normalized spacial score (nSPS) is 16.9. The Morgan fingerprint density at radius 1 is 1.23 bits per heavy atom. The Labute approximate surface area is 174 Å². The number of aromatic amines is 1. The highest BCUT2D eigenvalue weighted by Crippen LogP contribution is 2.27. The molecule has 4 aromatic rings. The fourth-order valence-electron chi connectivity index (χ4n) is 4.10. The monoisotopic (exact) mass is 401 g/mol. The number of imidazole rings is 1. The number of amides is 1. The number of pyridine rings is 1. The summed E-state index contributed by atoms with van der Waals surface area (Å²) < 4.78 is 2.03. The van der Waals surface area contributed by atoms with Crippen molar-refractivity contribution in [1.29, 1.82) is 0 Å². The smallest absolute Gasteiger partial charge is 0.253 e. The minimum atomic E-state index is 0.0388. The van der Waals surface area contributed by atoms with Crippen LogP contribution >= 0.6 is 0 Å². The number of likely N-dealkylation sites (tertiary alicyclic amines) is 1. The zero-order chi connectivity index (χ0) is 20.7. The van der Waals surface area contributed by atoms with Gasteiger partial charge in [-0.15, -0.1) is 0 Å². The summed E-state index contributed by atoms with van der Waals surface area (Å²) >= 11 is 0. The second-order valence-electron chi connectivity index (χ2n) is 7.80. The largest absolute Gasteiger partial charge is 0.338 e. The summed E-state index contributed by atoms with van der Waals surface area (Å²) in [6.07, 6.45) is 5.39. The molecule has 1 saturated heterocycles. The summed E-state index contributed by atoms with van der Waals surface area (Å²) in [5, 5.41) is 7.41. The van der Waals surface area contributed by atoms with Gasteiger partial charge in [0.15, 0.2) is 5.82 Å². The molecule has 1 atom stereocenters. The highest BCUT2D eigenvalue weighted by molar-refractivity contribution is 5.97. The first-order valence-corrected chi connectivity index (χ1v) is 10.1. The lowest BCUT2D eigenvalue weighted by atomic mass is 9.96. The summed E-state index contributed by atoms with van der Waals surface area (Å²) in [5.74, 6) is 2.57. The third-order valence-electron chi connectivity index (χ3n) is 5.87. The Morgan fingerprint density at radius 3 is 2.97 bits per heavy atom. The van der Waals surface area contributed by atoms with Gasteiger partial charge in [-0.3, -0.25) is 14.9 Å². The van der Waals surface area contributed by atoms with Crippen LogP contribution in [-0.2, 0) is 7.05 Å². The molecule has 1 aromatic carbocycles. The molecule has 0 spiro atoms. The number of H-pyrrole nitrogens is 1. The molecule has 1 N–H and O–H groups in total. The van der Waals surface area contributed by atoms with Gasteiger partial charge >= 0.3 is 0 Å². The molecule has 1 aliphatic heterocycles. The van der Waals surface area contributed by atoms with E-state index in [1.54, 1.807) is 12.4 Å². The van der Waals surface area contributed by atoms with Crippen LogP contribution in [0.3, 0.4) is 0 Å². The Morgan fingerprint density at radius 2 is 2.13 bits per heavy atom. The molecule has 0 saturated carbocycles. The minimum absolute atomic E-state index is 0.0388. The number of nitrogens with one attached hydrogen (secondary N) is 1. The van der Waals surface area contributed by atoms with Gasteiger partial charge in [0.2, 0.25) is 0 Å². The van der Waals surface area contributed by atoms with E-state index >= 15 is 0 Å². The van der Waals surface area contributed by atoms with Crippen molar-refractivity contribution >= 4 is 16.9 Å². The number of piperidine rings is 1. The molecular formula is C22H23N7O. The van der Waals surface area contributed by atoms with E-state index in [2.05, 4.69) is 25.1 Å². The molecule has 1 aliphatic rings. The van der Waals surface area contributed by atoms with E-state index in [0.29, 0.717) is 17.9 Å². The summed E-state index contributed by atoms with van der Waals surface area (Å²) in [5.41, 5.74) is 3.44.